The van der Waals surface area contributed by atoms with Crippen LogP contribution in [0.25, 0.3) is 44.7 Å². The summed E-state index contributed by atoms with van der Waals surface area (Å²) in [4.78, 5) is 63.0. The van der Waals surface area contributed by atoms with Crippen molar-refractivity contribution in [2.45, 2.75) is 59.7 Å². The summed E-state index contributed by atoms with van der Waals surface area (Å²) in [6.07, 6.45) is 3.33. The highest BCUT2D eigenvalue weighted by Gasteiger charge is 2.33. The van der Waals surface area contributed by atoms with Gasteiger partial charge in [-0.25, -0.2) is 28.1 Å². The Hall–Kier alpha value is -7.39. The van der Waals surface area contributed by atoms with Crippen molar-refractivity contribution in [3.05, 3.63) is 122 Å². The molecule has 2 aliphatic rings. The minimum Gasteiger partial charge on any atom is -0.507 e. The summed E-state index contributed by atoms with van der Waals surface area (Å²) >= 11 is 3.59. The van der Waals surface area contributed by atoms with E-state index in [0.717, 1.165) is 53.3 Å². The summed E-state index contributed by atoms with van der Waals surface area (Å²) in [7, 11) is 0. The van der Waals surface area contributed by atoms with Crippen molar-refractivity contribution in [1.82, 2.24) is 58.9 Å². The predicted octanol–water partition coefficient (Wildman–Crippen LogP) is 6.43. The first kappa shape index (κ1) is 46.3. The van der Waals surface area contributed by atoms with Crippen molar-refractivity contribution in [1.29, 1.82) is 0 Å². The van der Waals surface area contributed by atoms with Crippen molar-refractivity contribution in [2.24, 2.45) is 0 Å². The number of nitrogens with zero attached hydrogens (tertiary/aromatic N) is 13. The van der Waals surface area contributed by atoms with Crippen molar-refractivity contribution in [3.63, 3.8) is 0 Å². The molecule has 0 saturated carbocycles. The topological polar surface area (TPSA) is 193 Å². The van der Waals surface area contributed by atoms with Gasteiger partial charge in [0.2, 0.25) is 11.9 Å². The van der Waals surface area contributed by atoms with Gasteiger partial charge < -0.3 is 35.0 Å². The maximum atomic E-state index is 16.4. The SMILES string of the molecule is C=C(Cn1c(CNc2nc(N3CCNCC3)nc3c(Br)cnn23)nc2cc(C)ccc21)C(=O)N1CCN(c2nc(=O)n(-c3c(C)ccnc3C(C)C)c3nc(-c4c(O)cccc4F)c(F)cc23)[C@@H](C)C1. The van der Waals surface area contributed by atoms with Gasteiger partial charge in [-0.15, -0.1) is 0 Å². The molecule has 8 aromatic rings. The number of hydrogen-bond donors (Lipinski definition) is 3. The van der Waals surface area contributed by atoms with Crippen LogP contribution in [0.1, 0.15) is 49.3 Å². The smallest absolute Gasteiger partial charge is 0.355 e. The number of hydrogen-bond acceptors (Lipinski definition) is 14. The zero-order chi connectivity index (χ0) is 49.1. The lowest BCUT2D eigenvalue weighted by Gasteiger charge is -2.41. The van der Waals surface area contributed by atoms with Crippen molar-refractivity contribution in [3.8, 4) is 22.7 Å². The Labute approximate surface area is 408 Å². The number of nitrogens with one attached hydrogen (secondary N) is 2. The molecule has 2 saturated heterocycles. The number of aryl methyl sites for hydroxylation is 2. The van der Waals surface area contributed by atoms with E-state index < -0.39 is 40.4 Å². The Morgan fingerprint density at radius 2 is 1.79 bits per heavy atom. The monoisotopic (exact) mass is 1010 g/mol. The molecule has 6 aromatic heterocycles. The summed E-state index contributed by atoms with van der Waals surface area (Å²) < 4.78 is 37.4. The number of aromatic nitrogens is 10. The number of amides is 1. The Morgan fingerprint density at radius 3 is 2.54 bits per heavy atom. The highest BCUT2D eigenvalue weighted by molar-refractivity contribution is 9.10. The molecule has 2 aromatic carbocycles. The molecule has 0 aliphatic carbocycles. The number of phenolic OH excluding ortho intramolecular Hbond substituents is 1. The van der Waals surface area contributed by atoms with E-state index in [-0.39, 0.29) is 61.4 Å². The summed E-state index contributed by atoms with van der Waals surface area (Å²) in [6.45, 7) is 18.1. The number of halogens is 3. The molecule has 0 unspecified atom stereocenters. The van der Waals surface area contributed by atoms with Gasteiger partial charge in [0.15, 0.2) is 17.1 Å². The number of carbonyl (C=O) groups excluding carboxylic acids is 1. The fourth-order valence-corrected chi connectivity index (χ4v) is 9.74. The van der Waals surface area contributed by atoms with Gasteiger partial charge in [0, 0.05) is 63.6 Å². The number of piperazine rings is 2. The molecule has 2 aliphatic heterocycles. The van der Waals surface area contributed by atoms with Crippen molar-refractivity contribution in [2.75, 3.05) is 60.9 Å². The number of aromatic hydroxyl groups is 1. The lowest BCUT2D eigenvalue weighted by molar-refractivity contribution is -0.128. The molecule has 0 bridgehead atoms. The second kappa shape index (κ2) is 18.5. The molecular formula is C49H50BrF2N15O3. The number of anilines is 3. The van der Waals surface area contributed by atoms with Crippen LogP contribution >= 0.6 is 15.9 Å². The maximum absolute atomic E-state index is 16.4. The zero-order valence-electron chi connectivity index (χ0n) is 39.2. The second-order valence-corrected chi connectivity index (χ2v) is 18.9. The quantitative estimate of drug-likeness (QED) is 0.120. The zero-order valence-corrected chi connectivity index (χ0v) is 40.8. The van der Waals surface area contributed by atoms with Gasteiger partial charge >= 0.3 is 5.69 Å². The second-order valence-electron chi connectivity index (χ2n) is 18.1. The lowest BCUT2D eigenvalue weighted by Crippen LogP contribution is -2.54. The van der Waals surface area contributed by atoms with E-state index in [0.29, 0.717) is 45.9 Å². The summed E-state index contributed by atoms with van der Waals surface area (Å²) in [6, 6.07) is 12.1. The molecule has 0 radical (unpaired) electrons. The number of carbonyl (C=O) groups is 1. The summed E-state index contributed by atoms with van der Waals surface area (Å²) in [5.74, 6) is -0.854. The lowest BCUT2D eigenvalue weighted by atomic mass is 10.0. The van der Waals surface area contributed by atoms with Crippen LogP contribution in [0.3, 0.4) is 0 Å². The third-order valence-electron chi connectivity index (χ3n) is 12.9. The van der Waals surface area contributed by atoms with Crippen molar-refractivity contribution >= 4 is 67.3 Å². The van der Waals surface area contributed by atoms with Gasteiger partial charge in [-0.05, 0) is 90.1 Å². The molecular weight excluding hydrogens is 965 g/mol. The molecule has 1 atom stereocenters. The van der Waals surface area contributed by atoms with Crippen LogP contribution in [0.4, 0.5) is 26.5 Å². The minimum absolute atomic E-state index is 0.000738. The van der Waals surface area contributed by atoms with Gasteiger partial charge in [-0.3, -0.25) is 9.78 Å². The van der Waals surface area contributed by atoms with E-state index in [1.807, 2.05) is 62.3 Å². The predicted molar refractivity (Wildman–Crippen MR) is 267 cm³/mol. The maximum Gasteiger partial charge on any atom is 0.355 e. The van der Waals surface area contributed by atoms with Gasteiger partial charge in [-0.1, -0.05) is 32.6 Å². The molecule has 18 nitrogen and oxygen atoms in total. The van der Waals surface area contributed by atoms with Gasteiger partial charge in [0.1, 0.15) is 28.9 Å². The Morgan fingerprint density at radius 1 is 0.986 bits per heavy atom. The van der Waals surface area contributed by atoms with E-state index in [1.54, 1.807) is 27.9 Å². The number of imidazole rings is 1. The molecule has 3 N–H and O–H groups in total. The van der Waals surface area contributed by atoms with E-state index in [2.05, 4.69) is 58.1 Å². The molecule has 70 heavy (non-hydrogen) atoms. The third kappa shape index (κ3) is 8.35. The molecule has 8 heterocycles. The van der Waals surface area contributed by atoms with Gasteiger partial charge in [-0.2, -0.15) is 24.6 Å². The standard InChI is InChI=1S/C49H50BrF2N15O3/c1-26(2)40-42(28(4)12-13-54-40)66-44-31(21-34(52)41(58-44)39-33(51)8-7-9-37(39)68)43(60-49(66)70)64-19-18-63(25-30(64)6)46(69)29(5)24-65-36-11-10-27(3)20-35(36)57-38(65)23-55-47-61-48(62-16-14-53-15-17-62)59-45-32(50)22-56-67(45)47/h7-13,20-22,26,30,53,68H,5,14-19,23-25H2,1-4,6H3,(H,55,59,61)/t30-/m0/s1. The van der Waals surface area contributed by atoms with Crippen LogP contribution < -0.4 is 26.1 Å². The Bertz CT molecular complexity index is 3440. The Balaban J connectivity index is 0.941. The van der Waals surface area contributed by atoms with Crippen LogP contribution in [0, 0.1) is 25.5 Å². The first-order valence-corrected chi connectivity index (χ1v) is 23.8. The molecule has 0 spiro atoms. The number of pyridine rings is 2. The third-order valence-corrected chi connectivity index (χ3v) is 13.5. The van der Waals surface area contributed by atoms with E-state index in [9.17, 15) is 14.7 Å². The van der Waals surface area contributed by atoms with E-state index in [4.69, 9.17) is 15.0 Å². The number of phenols is 1. The van der Waals surface area contributed by atoms with Gasteiger partial charge in [0.25, 0.3) is 5.91 Å². The van der Waals surface area contributed by atoms with Crippen LogP contribution in [0.15, 0.2) is 82.3 Å². The summed E-state index contributed by atoms with van der Waals surface area (Å²) in [5.41, 5.74) is 3.65. The molecule has 21 heteroatoms. The fraction of sp³-hybridized carbons (Fsp3) is 0.327. The largest absolute Gasteiger partial charge is 0.507 e. The first-order chi connectivity index (χ1) is 33.7. The number of benzene rings is 2. The highest BCUT2D eigenvalue weighted by Crippen LogP contribution is 2.37. The molecule has 2 fully saturated rings. The molecule has 360 valence electrons. The van der Waals surface area contributed by atoms with Crippen LogP contribution in [-0.2, 0) is 17.9 Å². The fourth-order valence-electron chi connectivity index (χ4n) is 9.39. The molecule has 10 rings (SSSR count). The van der Waals surface area contributed by atoms with E-state index in [1.165, 1.54) is 22.8 Å². The minimum atomic E-state index is -0.928. The van der Waals surface area contributed by atoms with Crippen LogP contribution in [0.5, 0.6) is 5.75 Å². The average molecular weight is 1010 g/mol. The van der Waals surface area contributed by atoms with Gasteiger partial charge in [0.05, 0.1) is 57.1 Å². The summed E-state index contributed by atoms with van der Waals surface area (Å²) in [5, 5.41) is 22.2. The normalized spacial score (nSPS) is 15.5. The Kier molecular flexibility index (Phi) is 12.2. The highest BCUT2D eigenvalue weighted by atomic mass is 79.9. The number of fused-ring (bicyclic) bond motifs is 3. The van der Waals surface area contributed by atoms with Crippen LogP contribution in [-0.4, -0.2) is 116 Å². The van der Waals surface area contributed by atoms with Crippen LogP contribution in [0.2, 0.25) is 0 Å². The average Bonchev–Trinajstić information content (AvgIpc) is 3.89. The molecule has 1 amide bonds. The van der Waals surface area contributed by atoms with E-state index >= 15 is 8.78 Å². The first-order valence-electron chi connectivity index (χ1n) is 23.0. The van der Waals surface area contributed by atoms with Crippen molar-refractivity contribution < 1.29 is 18.7 Å². The number of rotatable bonds is 11.